The van der Waals surface area contributed by atoms with Gasteiger partial charge in [-0.2, -0.15) is 0 Å². The Morgan fingerprint density at radius 3 is 2.58 bits per heavy atom. The molecule has 0 bridgehead atoms. The summed E-state index contributed by atoms with van der Waals surface area (Å²) in [5.74, 6) is 0.988. The first-order valence-electron chi connectivity index (χ1n) is 6.73. The second-order valence-corrected chi connectivity index (χ2v) is 5.15. The molecule has 0 atom stereocenters. The molecule has 1 aliphatic rings. The van der Waals surface area contributed by atoms with E-state index in [1.54, 1.807) is 6.42 Å². The van der Waals surface area contributed by atoms with Crippen LogP contribution in [0.2, 0.25) is 5.02 Å². The molecule has 1 aliphatic heterocycles. The fourth-order valence-electron chi connectivity index (χ4n) is 2.20. The third-order valence-electron chi connectivity index (χ3n) is 3.25. The molecule has 0 unspecified atom stereocenters. The van der Waals surface area contributed by atoms with Gasteiger partial charge in [0.05, 0.1) is 0 Å². The number of amides is 1. The average molecular weight is 281 g/mol. The van der Waals surface area contributed by atoms with Crippen molar-refractivity contribution in [3.05, 3.63) is 35.7 Å². The van der Waals surface area contributed by atoms with Crippen LogP contribution < -0.4 is 4.74 Å². The number of benzene rings is 1. The molecular formula is C15H19ClNO2. The molecule has 0 saturated carbocycles. The Bertz CT molecular complexity index is 411. The van der Waals surface area contributed by atoms with Gasteiger partial charge in [-0.25, -0.2) is 0 Å². The molecule has 0 aromatic heterocycles. The Balaban J connectivity index is 1.80. The fraction of sp³-hybridized carbons (Fsp3) is 0.467. The maximum atomic E-state index is 11.7. The topological polar surface area (TPSA) is 29.5 Å². The van der Waals surface area contributed by atoms with Gasteiger partial charge in [-0.05, 0) is 30.7 Å². The standard InChI is InChI=1S/C15H19ClNO2/c1-2-3-15(18)17-10-8-14(9-11-17)19-13-6-4-12(16)5-7-13/h3-7,14H,2,8-11H2,1H3. The molecule has 0 spiro atoms. The molecule has 1 amide bonds. The molecule has 19 heavy (non-hydrogen) atoms. The fourth-order valence-corrected chi connectivity index (χ4v) is 2.33. The predicted molar refractivity (Wildman–Crippen MR) is 76.3 cm³/mol. The van der Waals surface area contributed by atoms with E-state index in [-0.39, 0.29) is 12.0 Å². The molecule has 1 heterocycles. The molecule has 1 fully saturated rings. The first-order valence-corrected chi connectivity index (χ1v) is 7.11. The summed E-state index contributed by atoms with van der Waals surface area (Å²) in [4.78, 5) is 13.6. The quantitative estimate of drug-likeness (QED) is 0.847. The van der Waals surface area contributed by atoms with Crippen LogP contribution in [-0.2, 0) is 4.79 Å². The SMILES string of the molecule is CC[CH]C(=O)N1CCC(Oc2ccc(Cl)cc2)CC1. The zero-order valence-corrected chi connectivity index (χ0v) is 11.9. The van der Waals surface area contributed by atoms with Crippen LogP contribution in [0.3, 0.4) is 0 Å². The summed E-state index contributed by atoms with van der Waals surface area (Å²) in [6, 6.07) is 7.41. The maximum absolute atomic E-state index is 11.7. The number of ether oxygens (including phenoxy) is 1. The minimum atomic E-state index is 0.146. The van der Waals surface area contributed by atoms with Crippen LogP contribution in [0.15, 0.2) is 24.3 Å². The van der Waals surface area contributed by atoms with E-state index in [0.29, 0.717) is 5.02 Å². The number of hydrogen-bond donors (Lipinski definition) is 0. The summed E-state index contributed by atoms with van der Waals surface area (Å²) in [7, 11) is 0. The van der Waals surface area contributed by atoms with Gasteiger partial charge < -0.3 is 9.64 Å². The largest absolute Gasteiger partial charge is 0.490 e. The van der Waals surface area contributed by atoms with E-state index in [2.05, 4.69) is 0 Å². The average Bonchev–Trinajstić information content (AvgIpc) is 2.42. The summed E-state index contributed by atoms with van der Waals surface area (Å²) in [5.41, 5.74) is 0. The Morgan fingerprint density at radius 1 is 1.37 bits per heavy atom. The number of carbonyl (C=O) groups excluding carboxylic acids is 1. The highest BCUT2D eigenvalue weighted by Gasteiger charge is 2.23. The Morgan fingerprint density at radius 2 is 2.00 bits per heavy atom. The van der Waals surface area contributed by atoms with E-state index in [1.165, 1.54) is 0 Å². The zero-order chi connectivity index (χ0) is 13.7. The normalized spacial score (nSPS) is 16.4. The molecular weight excluding hydrogens is 262 g/mol. The highest BCUT2D eigenvalue weighted by molar-refractivity contribution is 6.30. The number of likely N-dealkylation sites (tertiary alicyclic amines) is 1. The van der Waals surface area contributed by atoms with Crippen molar-refractivity contribution in [1.82, 2.24) is 4.90 Å². The van der Waals surface area contributed by atoms with Crippen molar-refractivity contribution in [3.63, 3.8) is 0 Å². The summed E-state index contributed by atoms with van der Waals surface area (Å²) < 4.78 is 5.89. The van der Waals surface area contributed by atoms with Crippen molar-refractivity contribution < 1.29 is 9.53 Å². The van der Waals surface area contributed by atoms with E-state index in [1.807, 2.05) is 36.1 Å². The van der Waals surface area contributed by atoms with Crippen LogP contribution >= 0.6 is 11.6 Å². The summed E-state index contributed by atoms with van der Waals surface area (Å²) in [6.45, 7) is 3.52. The number of hydrogen-bond acceptors (Lipinski definition) is 2. The zero-order valence-electron chi connectivity index (χ0n) is 11.1. The van der Waals surface area contributed by atoms with E-state index in [9.17, 15) is 4.79 Å². The lowest BCUT2D eigenvalue weighted by Gasteiger charge is -2.32. The van der Waals surface area contributed by atoms with Crippen molar-refractivity contribution in [1.29, 1.82) is 0 Å². The molecule has 1 aromatic carbocycles. The lowest BCUT2D eigenvalue weighted by Crippen LogP contribution is -2.41. The number of piperidine rings is 1. The number of halogens is 1. The van der Waals surface area contributed by atoms with Crippen LogP contribution in [0.25, 0.3) is 0 Å². The first-order chi connectivity index (χ1) is 9.19. The van der Waals surface area contributed by atoms with E-state index < -0.39 is 0 Å². The number of nitrogens with zero attached hydrogens (tertiary/aromatic N) is 1. The Kier molecular flexibility index (Phi) is 5.08. The van der Waals surface area contributed by atoms with Gasteiger partial charge in [-0.1, -0.05) is 18.5 Å². The second kappa shape index (κ2) is 6.80. The summed E-state index contributed by atoms with van der Waals surface area (Å²) in [5, 5.41) is 0.711. The van der Waals surface area contributed by atoms with Crippen LogP contribution in [0.5, 0.6) is 5.75 Å². The van der Waals surface area contributed by atoms with Crippen molar-refractivity contribution >= 4 is 17.5 Å². The molecule has 2 rings (SSSR count). The second-order valence-electron chi connectivity index (χ2n) is 4.71. The molecule has 1 saturated heterocycles. The first kappa shape index (κ1) is 14.2. The van der Waals surface area contributed by atoms with Gasteiger partial charge in [0, 0.05) is 37.4 Å². The minimum absolute atomic E-state index is 0.146. The van der Waals surface area contributed by atoms with Crippen LogP contribution in [0, 0.1) is 6.42 Å². The van der Waals surface area contributed by atoms with Crippen molar-refractivity contribution in [3.8, 4) is 5.75 Å². The van der Waals surface area contributed by atoms with Crippen molar-refractivity contribution in [2.24, 2.45) is 0 Å². The minimum Gasteiger partial charge on any atom is -0.490 e. The van der Waals surface area contributed by atoms with Crippen LogP contribution in [-0.4, -0.2) is 30.0 Å². The third-order valence-corrected chi connectivity index (χ3v) is 3.50. The van der Waals surface area contributed by atoms with Gasteiger partial charge in [0.15, 0.2) is 0 Å². The van der Waals surface area contributed by atoms with Crippen LogP contribution in [0.4, 0.5) is 0 Å². The van der Waals surface area contributed by atoms with Gasteiger partial charge in [0.2, 0.25) is 5.91 Å². The smallest absolute Gasteiger partial charge is 0.226 e. The highest BCUT2D eigenvalue weighted by Crippen LogP contribution is 2.21. The lowest BCUT2D eigenvalue weighted by molar-refractivity contribution is -0.129. The molecule has 1 radical (unpaired) electrons. The maximum Gasteiger partial charge on any atom is 0.226 e. The Labute approximate surface area is 119 Å². The van der Waals surface area contributed by atoms with Gasteiger partial charge in [-0.3, -0.25) is 4.79 Å². The van der Waals surface area contributed by atoms with Crippen molar-refractivity contribution in [2.45, 2.75) is 32.3 Å². The van der Waals surface area contributed by atoms with Crippen LogP contribution in [0.1, 0.15) is 26.2 Å². The molecule has 4 heteroatoms. The van der Waals surface area contributed by atoms with E-state index in [0.717, 1.165) is 38.1 Å². The third kappa shape index (κ3) is 4.13. The molecule has 0 N–H and O–H groups in total. The van der Waals surface area contributed by atoms with Gasteiger partial charge in [0.1, 0.15) is 11.9 Å². The van der Waals surface area contributed by atoms with Crippen molar-refractivity contribution in [2.75, 3.05) is 13.1 Å². The lowest BCUT2D eigenvalue weighted by atomic mass is 10.1. The highest BCUT2D eigenvalue weighted by atomic mass is 35.5. The van der Waals surface area contributed by atoms with Gasteiger partial charge in [0.25, 0.3) is 0 Å². The number of rotatable bonds is 4. The monoisotopic (exact) mass is 280 g/mol. The molecule has 0 aliphatic carbocycles. The van der Waals surface area contributed by atoms with Gasteiger partial charge >= 0.3 is 0 Å². The van der Waals surface area contributed by atoms with Gasteiger partial charge in [-0.15, -0.1) is 0 Å². The van der Waals surface area contributed by atoms with E-state index >= 15 is 0 Å². The molecule has 3 nitrogen and oxygen atoms in total. The Hall–Kier alpha value is -1.22. The molecule has 103 valence electrons. The molecule has 1 aromatic rings. The predicted octanol–water partition coefficient (Wildman–Crippen LogP) is 3.32. The summed E-state index contributed by atoms with van der Waals surface area (Å²) in [6.07, 6.45) is 4.48. The van der Waals surface area contributed by atoms with E-state index in [4.69, 9.17) is 16.3 Å². The number of carbonyl (C=O) groups is 1. The summed E-state index contributed by atoms with van der Waals surface area (Å²) >= 11 is 5.83.